The summed E-state index contributed by atoms with van der Waals surface area (Å²) in [6, 6.07) is 14.5. The van der Waals surface area contributed by atoms with Crippen molar-refractivity contribution < 1.29 is 19.0 Å². The summed E-state index contributed by atoms with van der Waals surface area (Å²) in [4.78, 5) is 11.7. The highest BCUT2D eigenvalue weighted by atomic mass is 16.5. The number of carbonyl (C=O) groups excluding carboxylic acids is 1. The van der Waals surface area contributed by atoms with Crippen molar-refractivity contribution >= 4 is 12.1 Å². The third-order valence-electron chi connectivity index (χ3n) is 3.48. The van der Waals surface area contributed by atoms with Gasteiger partial charge in [0.2, 0.25) is 0 Å². The zero-order valence-corrected chi connectivity index (χ0v) is 15.1. The van der Waals surface area contributed by atoms with Crippen LogP contribution in [0.15, 0.2) is 53.6 Å². The van der Waals surface area contributed by atoms with Crippen molar-refractivity contribution in [1.82, 2.24) is 5.43 Å². The highest BCUT2D eigenvalue weighted by Crippen LogP contribution is 2.16. The van der Waals surface area contributed by atoms with Crippen molar-refractivity contribution in [3.05, 3.63) is 54.1 Å². The molecule has 0 bridgehead atoms. The molecule has 0 saturated carbocycles. The lowest BCUT2D eigenvalue weighted by Crippen LogP contribution is -2.24. The molecule has 0 radical (unpaired) electrons. The van der Waals surface area contributed by atoms with Crippen LogP contribution in [0.5, 0.6) is 17.2 Å². The Labute approximate surface area is 153 Å². The first-order valence-corrected chi connectivity index (χ1v) is 8.53. The van der Waals surface area contributed by atoms with E-state index in [-0.39, 0.29) is 12.5 Å². The van der Waals surface area contributed by atoms with Crippen LogP contribution < -0.4 is 19.6 Å². The molecule has 0 aliphatic carbocycles. The highest BCUT2D eigenvalue weighted by molar-refractivity contribution is 5.83. The van der Waals surface area contributed by atoms with E-state index in [1.165, 1.54) is 0 Å². The molecular weight excluding hydrogens is 332 g/mol. The molecule has 2 rings (SSSR count). The Balaban J connectivity index is 1.72. The molecule has 2 aromatic rings. The van der Waals surface area contributed by atoms with E-state index in [0.29, 0.717) is 12.4 Å². The Bertz CT molecular complexity index is 697. The van der Waals surface area contributed by atoms with Gasteiger partial charge in [0.25, 0.3) is 5.91 Å². The van der Waals surface area contributed by atoms with Gasteiger partial charge in [-0.1, -0.05) is 13.3 Å². The predicted octanol–water partition coefficient (Wildman–Crippen LogP) is 3.40. The Morgan fingerprint density at radius 2 is 1.62 bits per heavy atom. The van der Waals surface area contributed by atoms with Gasteiger partial charge in [-0.25, -0.2) is 5.43 Å². The number of nitrogens with zero attached hydrogens (tertiary/aromatic N) is 1. The van der Waals surface area contributed by atoms with E-state index in [0.717, 1.165) is 29.9 Å². The summed E-state index contributed by atoms with van der Waals surface area (Å²) in [5, 5.41) is 3.92. The molecule has 0 aliphatic heterocycles. The second-order valence-corrected chi connectivity index (χ2v) is 5.53. The second-order valence-electron chi connectivity index (χ2n) is 5.53. The van der Waals surface area contributed by atoms with Crippen LogP contribution in [0.3, 0.4) is 0 Å². The molecule has 26 heavy (non-hydrogen) atoms. The maximum atomic E-state index is 11.7. The average Bonchev–Trinajstić information content (AvgIpc) is 2.68. The van der Waals surface area contributed by atoms with Crippen molar-refractivity contribution in [1.29, 1.82) is 0 Å². The van der Waals surface area contributed by atoms with E-state index in [9.17, 15) is 4.79 Å². The zero-order valence-electron chi connectivity index (χ0n) is 15.1. The topological polar surface area (TPSA) is 69.2 Å². The van der Waals surface area contributed by atoms with Gasteiger partial charge in [0.15, 0.2) is 6.61 Å². The maximum absolute atomic E-state index is 11.7. The van der Waals surface area contributed by atoms with Crippen LogP contribution in [0.2, 0.25) is 0 Å². The second kappa shape index (κ2) is 10.8. The molecule has 0 aliphatic rings. The molecule has 138 valence electrons. The molecule has 6 nitrogen and oxygen atoms in total. The van der Waals surface area contributed by atoms with Crippen molar-refractivity contribution in [2.75, 3.05) is 20.3 Å². The fraction of sp³-hybridized carbons (Fsp3) is 0.300. The van der Waals surface area contributed by atoms with E-state index < -0.39 is 0 Å². The first-order valence-electron chi connectivity index (χ1n) is 8.53. The van der Waals surface area contributed by atoms with Crippen LogP contribution in [-0.2, 0) is 4.79 Å². The number of nitrogens with one attached hydrogen (secondary N) is 1. The molecule has 1 N–H and O–H groups in total. The Hall–Kier alpha value is -3.02. The number of hydrogen-bond donors (Lipinski definition) is 1. The molecule has 6 heteroatoms. The molecule has 0 fully saturated rings. The Morgan fingerprint density at radius 1 is 1.00 bits per heavy atom. The van der Waals surface area contributed by atoms with Crippen LogP contribution in [-0.4, -0.2) is 32.4 Å². The lowest BCUT2D eigenvalue weighted by Gasteiger charge is -2.06. The minimum absolute atomic E-state index is 0.117. The number of unbranched alkanes of at least 4 members (excludes halogenated alkanes) is 1. The minimum atomic E-state index is -0.336. The molecule has 0 saturated heterocycles. The number of hydrazone groups is 1. The fourth-order valence-electron chi connectivity index (χ4n) is 2.02. The van der Waals surface area contributed by atoms with Crippen molar-refractivity contribution in [2.24, 2.45) is 5.10 Å². The fourth-order valence-corrected chi connectivity index (χ4v) is 2.02. The average molecular weight is 356 g/mol. The summed E-state index contributed by atoms with van der Waals surface area (Å²) in [6.45, 7) is 2.72. The number of rotatable bonds is 10. The van der Waals surface area contributed by atoms with Crippen molar-refractivity contribution in [3.63, 3.8) is 0 Å². The van der Waals surface area contributed by atoms with Crippen LogP contribution in [0, 0.1) is 0 Å². The minimum Gasteiger partial charge on any atom is -0.497 e. The van der Waals surface area contributed by atoms with Gasteiger partial charge < -0.3 is 14.2 Å². The van der Waals surface area contributed by atoms with Gasteiger partial charge in [-0.05, 0) is 60.5 Å². The lowest BCUT2D eigenvalue weighted by molar-refractivity contribution is -0.123. The van der Waals surface area contributed by atoms with Crippen LogP contribution in [0.1, 0.15) is 25.3 Å². The third kappa shape index (κ3) is 6.84. The number of ether oxygens (including phenoxy) is 3. The highest BCUT2D eigenvalue weighted by Gasteiger charge is 2.01. The predicted molar refractivity (Wildman–Crippen MR) is 101 cm³/mol. The monoisotopic (exact) mass is 356 g/mol. The SMILES string of the molecule is CCCCOc1ccc(C=NNC(=O)COc2ccc(OC)cc2)cc1. The maximum Gasteiger partial charge on any atom is 0.277 e. The quantitative estimate of drug-likeness (QED) is 0.402. The number of hydrogen-bond acceptors (Lipinski definition) is 5. The van der Waals surface area contributed by atoms with Gasteiger partial charge in [0.1, 0.15) is 17.2 Å². The standard InChI is InChI=1S/C20H24N2O4/c1-3-4-13-25-18-7-5-16(6-8-18)14-21-22-20(23)15-26-19-11-9-17(24-2)10-12-19/h5-12,14H,3-4,13,15H2,1-2H3,(H,22,23). The van der Waals surface area contributed by atoms with E-state index in [1.54, 1.807) is 37.6 Å². The molecule has 1 amide bonds. The van der Waals surface area contributed by atoms with Gasteiger partial charge in [-0.2, -0.15) is 5.10 Å². The van der Waals surface area contributed by atoms with E-state index in [4.69, 9.17) is 14.2 Å². The Morgan fingerprint density at radius 3 is 2.27 bits per heavy atom. The zero-order chi connectivity index (χ0) is 18.6. The number of amides is 1. The molecule has 0 aromatic heterocycles. The summed E-state index contributed by atoms with van der Waals surface area (Å²) in [7, 11) is 1.59. The molecule has 0 atom stereocenters. The van der Waals surface area contributed by atoms with Crippen LogP contribution in [0.25, 0.3) is 0 Å². The normalized spacial score (nSPS) is 10.5. The van der Waals surface area contributed by atoms with Gasteiger partial charge >= 0.3 is 0 Å². The number of methoxy groups -OCH3 is 1. The van der Waals surface area contributed by atoms with E-state index >= 15 is 0 Å². The largest absolute Gasteiger partial charge is 0.497 e. The van der Waals surface area contributed by atoms with Gasteiger partial charge in [0.05, 0.1) is 19.9 Å². The summed E-state index contributed by atoms with van der Waals surface area (Å²) in [5.41, 5.74) is 3.30. The van der Waals surface area contributed by atoms with E-state index in [1.807, 2.05) is 24.3 Å². The van der Waals surface area contributed by atoms with E-state index in [2.05, 4.69) is 17.5 Å². The molecule has 0 unspecified atom stereocenters. The number of benzene rings is 2. The summed E-state index contributed by atoms with van der Waals surface area (Å²) >= 11 is 0. The van der Waals surface area contributed by atoms with Gasteiger partial charge in [-0.15, -0.1) is 0 Å². The molecule has 0 spiro atoms. The Kier molecular flexibility index (Phi) is 7.99. The first-order chi connectivity index (χ1) is 12.7. The van der Waals surface area contributed by atoms with Crippen molar-refractivity contribution in [3.8, 4) is 17.2 Å². The molecule has 2 aromatic carbocycles. The van der Waals surface area contributed by atoms with Gasteiger partial charge in [-0.3, -0.25) is 4.79 Å². The van der Waals surface area contributed by atoms with Crippen LogP contribution in [0.4, 0.5) is 0 Å². The third-order valence-corrected chi connectivity index (χ3v) is 3.48. The summed E-state index contributed by atoms with van der Waals surface area (Å²) in [6.07, 6.45) is 3.71. The summed E-state index contributed by atoms with van der Waals surface area (Å²) in [5.74, 6) is 1.81. The van der Waals surface area contributed by atoms with Crippen LogP contribution >= 0.6 is 0 Å². The summed E-state index contributed by atoms with van der Waals surface area (Å²) < 4.78 is 16.0. The number of carbonyl (C=O) groups is 1. The smallest absolute Gasteiger partial charge is 0.277 e. The molecule has 0 heterocycles. The van der Waals surface area contributed by atoms with Gasteiger partial charge in [0, 0.05) is 0 Å². The lowest BCUT2D eigenvalue weighted by atomic mass is 10.2. The first kappa shape index (κ1) is 19.3. The van der Waals surface area contributed by atoms with Crippen molar-refractivity contribution in [2.45, 2.75) is 19.8 Å². The molecular formula is C20H24N2O4.